The number of carbonyl (C=O) groups excluding carboxylic acids is 1. The van der Waals surface area contributed by atoms with Crippen LogP contribution in [0.4, 0.5) is 11.4 Å². The average Bonchev–Trinajstić information content (AvgIpc) is 3.07. The maximum Gasteiger partial charge on any atom is 0.419 e. The molecule has 1 aromatic heterocycles. The summed E-state index contributed by atoms with van der Waals surface area (Å²) in [6.07, 6.45) is 0.152. The number of anilines is 2. The fraction of sp³-hybridized carbons (Fsp3) is 0.364. The maximum atomic E-state index is 12.7. The number of rotatable bonds is 6. The summed E-state index contributed by atoms with van der Waals surface area (Å²) >= 11 is 6.19. The second kappa shape index (κ2) is 8.93. The molecule has 1 amide bonds. The summed E-state index contributed by atoms with van der Waals surface area (Å²) in [4.78, 5) is 29.4. The van der Waals surface area contributed by atoms with Crippen molar-refractivity contribution in [3.8, 4) is 0 Å². The average molecular weight is 429 g/mol. The summed E-state index contributed by atoms with van der Waals surface area (Å²) in [5, 5.41) is 3.55. The third kappa shape index (κ3) is 4.37. The van der Waals surface area contributed by atoms with Gasteiger partial charge in [-0.1, -0.05) is 30.7 Å². The summed E-state index contributed by atoms with van der Waals surface area (Å²) in [7, 11) is 0. The number of para-hydroxylation sites is 2. The number of hydrogen-bond acceptors (Lipinski definition) is 5. The summed E-state index contributed by atoms with van der Waals surface area (Å²) in [6, 6.07) is 12.8. The summed E-state index contributed by atoms with van der Waals surface area (Å²) < 4.78 is 6.71. The van der Waals surface area contributed by atoms with Gasteiger partial charge in [0.15, 0.2) is 5.58 Å². The predicted molar refractivity (Wildman–Crippen MR) is 119 cm³/mol. The van der Waals surface area contributed by atoms with Crippen LogP contribution in [0.15, 0.2) is 51.7 Å². The molecular formula is C22H25ClN4O3. The molecule has 1 N–H and O–H groups in total. The Hall–Kier alpha value is -2.77. The number of fused-ring (bicyclic) bond motifs is 1. The van der Waals surface area contributed by atoms with E-state index >= 15 is 0 Å². The Labute approximate surface area is 179 Å². The molecule has 30 heavy (non-hydrogen) atoms. The lowest BCUT2D eigenvalue weighted by atomic mass is 10.2. The van der Waals surface area contributed by atoms with E-state index in [1.807, 2.05) is 30.3 Å². The first kappa shape index (κ1) is 20.5. The van der Waals surface area contributed by atoms with Crippen LogP contribution in [-0.4, -0.2) is 48.1 Å². The molecule has 4 rings (SSSR count). The van der Waals surface area contributed by atoms with Crippen molar-refractivity contribution in [3.63, 3.8) is 0 Å². The highest BCUT2D eigenvalue weighted by Gasteiger charge is 2.19. The van der Waals surface area contributed by atoms with Gasteiger partial charge in [-0.15, -0.1) is 0 Å². The molecule has 0 unspecified atom stereocenters. The monoisotopic (exact) mass is 428 g/mol. The number of oxazole rings is 1. The first-order valence-corrected chi connectivity index (χ1v) is 10.6. The maximum absolute atomic E-state index is 12.7. The fourth-order valence-electron chi connectivity index (χ4n) is 3.84. The van der Waals surface area contributed by atoms with Crippen molar-refractivity contribution in [2.45, 2.75) is 19.9 Å². The van der Waals surface area contributed by atoms with E-state index in [0.29, 0.717) is 21.8 Å². The zero-order valence-corrected chi connectivity index (χ0v) is 17.7. The number of carbonyl (C=O) groups is 1. The second-order valence-electron chi connectivity index (χ2n) is 7.37. The Balaban J connectivity index is 1.46. The van der Waals surface area contributed by atoms with Gasteiger partial charge in [0, 0.05) is 44.2 Å². The molecule has 1 aliphatic heterocycles. The van der Waals surface area contributed by atoms with Gasteiger partial charge in [0.2, 0.25) is 5.91 Å². The van der Waals surface area contributed by atoms with Crippen LogP contribution < -0.4 is 16.0 Å². The van der Waals surface area contributed by atoms with Gasteiger partial charge in [-0.2, -0.15) is 0 Å². The second-order valence-corrected chi connectivity index (χ2v) is 7.80. The standard InChI is InChI=1S/C22H25ClN4O3/c1-2-25-11-13-26(14-12-25)18-8-7-16(23)15-17(18)24-21(28)9-10-27-19-5-3-4-6-20(19)30-22(27)29/h3-8,15H,2,9-14H2,1H3,(H,24,28). The van der Waals surface area contributed by atoms with Crippen LogP contribution in [0.2, 0.25) is 5.02 Å². The van der Waals surface area contributed by atoms with E-state index in [2.05, 4.69) is 22.0 Å². The predicted octanol–water partition coefficient (Wildman–Crippen LogP) is 3.42. The van der Waals surface area contributed by atoms with Gasteiger partial charge < -0.3 is 19.5 Å². The van der Waals surface area contributed by atoms with Crippen LogP contribution in [0.3, 0.4) is 0 Å². The molecule has 0 saturated carbocycles. The van der Waals surface area contributed by atoms with Crippen LogP contribution in [-0.2, 0) is 11.3 Å². The van der Waals surface area contributed by atoms with Gasteiger partial charge in [-0.05, 0) is 36.9 Å². The van der Waals surface area contributed by atoms with Crippen LogP contribution in [0, 0.1) is 0 Å². The minimum atomic E-state index is -0.457. The number of likely N-dealkylation sites (N-methyl/N-ethyl adjacent to an activating group) is 1. The van der Waals surface area contributed by atoms with Gasteiger partial charge in [-0.25, -0.2) is 4.79 Å². The van der Waals surface area contributed by atoms with Crippen molar-refractivity contribution >= 4 is 40.0 Å². The van der Waals surface area contributed by atoms with E-state index < -0.39 is 5.76 Å². The molecule has 7 nitrogen and oxygen atoms in total. The Morgan fingerprint density at radius 1 is 1.13 bits per heavy atom. The van der Waals surface area contributed by atoms with Crippen molar-refractivity contribution in [2.75, 3.05) is 42.9 Å². The SMILES string of the molecule is CCN1CCN(c2ccc(Cl)cc2NC(=O)CCn2c(=O)oc3ccccc32)CC1. The molecule has 0 aliphatic carbocycles. The highest BCUT2D eigenvalue weighted by atomic mass is 35.5. The van der Waals surface area contributed by atoms with Crippen molar-refractivity contribution < 1.29 is 9.21 Å². The fourth-order valence-corrected chi connectivity index (χ4v) is 4.01. The zero-order valence-electron chi connectivity index (χ0n) is 16.9. The van der Waals surface area contributed by atoms with E-state index in [1.54, 1.807) is 12.1 Å². The third-order valence-electron chi connectivity index (χ3n) is 5.53. The number of amides is 1. The minimum Gasteiger partial charge on any atom is -0.408 e. The number of hydrogen-bond donors (Lipinski definition) is 1. The molecule has 0 atom stereocenters. The van der Waals surface area contributed by atoms with Gasteiger partial charge in [0.05, 0.1) is 16.9 Å². The highest BCUT2D eigenvalue weighted by Crippen LogP contribution is 2.30. The first-order chi connectivity index (χ1) is 14.5. The number of aromatic nitrogens is 1. The zero-order chi connectivity index (χ0) is 21.1. The summed E-state index contributed by atoms with van der Waals surface area (Å²) in [5.41, 5.74) is 2.87. The Kier molecular flexibility index (Phi) is 6.11. The van der Waals surface area contributed by atoms with Crippen LogP contribution in [0.5, 0.6) is 0 Å². The van der Waals surface area contributed by atoms with Gasteiger partial charge in [0.1, 0.15) is 0 Å². The smallest absolute Gasteiger partial charge is 0.408 e. The molecule has 0 bridgehead atoms. The molecule has 158 valence electrons. The lowest BCUT2D eigenvalue weighted by molar-refractivity contribution is -0.116. The number of benzene rings is 2. The van der Waals surface area contributed by atoms with Gasteiger partial charge >= 0.3 is 5.76 Å². The van der Waals surface area contributed by atoms with E-state index in [-0.39, 0.29) is 18.9 Å². The van der Waals surface area contributed by atoms with E-state index in [4.69, 9.17) is 16.0 Å². The van der Waals surface area contributed by atoms with Crippen molar-refractivity contribution in [1.82, 2.24) is 9.47 Å². The molecule has 2 heterocycles. The quantitative estimate of drug-likeness (QED) is 0.651. The highest BCUT2D eigenvalue weighted by molar-refractivity contribution is 6.31. The number of piperazine rings is 1. The lowest BCUT2D eigenvalue weighted by Crippen LogP contribution is -2.46. The topological polar surface area (TPSA) is 70.7 Å². The van der Waals surface area contributed by atoms with Crippen LogP contribution in [0.1, 0.15) is 13.3 Å². The van der Waals surface area contributed by atoms with Crippen molar-refractivity contribution in [3.05, 3.63) is 58.0 Å². The largest absolute Gasteiger partial charge is 0.419 e. The number of aryl methyl sites for hydroxylation is 1. The first-order valence-electron chi connectivity index (χ1n) is 10.2. The Morgan fingerprint density at radius 2 is 1.90 bits per heavy atom. The molecule has 0 spiro atoms. The van der Waals surface area contributed by atoms with E-state index in [0.717, 1.165) is 38.4 Å². The van der Waals surface area contributed by atoms with Crippen molar-refractivity contribution in [2.24, 2.45) is 0 Å². The Bertz CT molecular complexity index is 1100. The molecule has 1 fully saturated rings. The number of nitrogens with one attached hydrogen (secondary N) is 1. The molecular weight excluding hydrogens is 404 g/mol. The van der Waals surface area contributed by atoms with E-state index in [1.165, 1.54) is 4.57 Å². The minimum absolute atomic E-state index is 0.152. The molecule has 2 aromatic carbocycles. The van der Waals surface area contributed by atoms with E-state index in [9.17, 15) is 9.59 Å². The number of halogens is 1. The van der Waals surface area contributed by atoms with Crippen LogP contribution >= 0.6 is 11.6 Å². The summed E-state index contributed by atoms with van der Waals surface area (Å²) in [5.74, 6) is -0.635. The van der Waals surface area contributed by atoms with Gasteiger partial charge in [-0.3, -0.25) is 9.36 Å². The normalized spacial score (nSPS) is 14.9. The Morgan fingerprint density at radius 3 is 2.67 bits per heavy atom. The van der Waals surface area contributed by atoms with Crippen LogP contribution in [0.25, 0.3) is 11.1 Å². The lowest BCUT2D eigenvalue weighted by Gasteiger charge is -2.36. The molecule has 1 aliphatic rings. The molecule has 3 aromatic rings. The third-order valence-corrected chi connectivity index (χ3v) is 5.76. The molecule has 0 radical (unpaired) electrons. The van der Waals surface area contributed by atoms with Crippen molar-refractivity contribution in [1.29, 1.82) is 0 Å². The van der Waals surface area contributed by atoms with Gasteiger partial charge in [0.25, 0.3) is 0 Å². The number of nitrogens with zero attached hydrogens (tertiary/aromatic N) is 3. The summed E-state index contributed by atoms with van der Waals surface area (Å²) in [6.45, 7) is 7.22. The molecule has 8 heteroatoms. The molecule has 1 saturated heterocycles.